The van der Waals surface area contributed by atoms with Gasteiger partial charge in [0.1, 0.15) is 5.75 Å². The number of furan rings is 1. The summed E-state index contributed by atoms with van der Waals surface area (Å²) in [6.45, 7) is -0.0754. The van der Waals surface area contributed by atoms with Crippen molar-refractivity contribution in [2.45, 2.75) is 38.0 Å². The van der Waals surface area contributed by atoms with Crippen LogP contribution in [0.15, 0.2) is 65.3 Å². The van der Waals surface area contributed by atoms with Gasteiger partial charge in [-0.25, -0.2) is 4.98 Å². The number of amides is 2. The number of thiazole rings is 1. The van der Waals surface area contributed by atoms with Crippen LogP contribution in [0.1, 0.15) is 54.1 Å². The molecule has 8 heteroatoms. The first-order chi connectivity index (χ1) is 16.6. The zero-order chi connectivity index (χ0) is 23.3. The minimum absolute atomic E-state index is 0.0754. The molecule has 1 saturated carbocycles. The van der Waals surface area contributed by atoms with Gasteiger partial charge in [0.25, 0.3) is 11.8 Å². The van der Waals surface area contributed by atoms with Crippen LogP contribution >= 0.6 is 11.3 Å². The molecule has 2 aromatic carbocycles. The molecule has 0 radical (unpaired) electrons. The van der Waals surface area contributed by atoms with Crippen molar-refractivity contribution in [1.82, 2.24) is 4.98 Å². The first kappa shape index (κ1) is 22.2. The average Bonchev–Trinajstić information content (AvgIpc) is 3.53. The molecule has 5 rings (SSSR count). The molecule has 7 nitrogen and oxygen atoms in total. The van der Waals surface area contributed by atoms with E-state index in [-0.39, 0.29) is 24.2 Å². The molecular weight excluding hydrogens is 450 g/mol. The Labute approximate surface area is 201 Å². The lowest BCUT2D eigenvalue weighted by Crippen LogP contribution is -2.20. The van der Waals surface area contributed by atoms with E-state index in [1.807, 2.05) is 18.2 Å². The summed E-state index contributed by atoms with van der Waals surface area (Å²) in [4.78, 5) is 29.0. The Hall–Kier alpha value is -3.65. The minimum atomic E-state index is -0.360. The number of benzene rings is 2. The number of carbonyl (C=O) groups excluding carboxylic acids is 2. The van der Waals surface area contributed by atoms with Crippen molar-refractivity contribution >= 4 is 44.2 Å². The minimum Gasteiger partial charge on any atom is -0.484 e. The van der Waals surface area contributed by atoms with Gasteiger partial charge in [0.05, 0.1) is 16.5 Å². The zero-order valence-electron chi connectivity index (χ0n) is 18.6. The number of anilines is 2. The van der Waals surface area contributed by atoms with Crippen LogP contribution < -0.4 is 15.4 Å². The van der Waals surface area contributed by atoms with Crippen LogP contribution in [0.2, 0.25) is 0 Å². The SMILES string of the molecule is O=C(COc1ccc(C2CCCCC2)cc1)Nc1ccc2nc(NC(=O)c3ccco3)sc2c1. The summed E-state index contributed by atoms with van der Waals surface area (Å²) in [6, 6.07) is 16.8. The van der Waals surface area contributed by atoms with E-state index in [0.717, 1.165) is 10.2 Å². The molecule has 0 atom stereocenters. The Morgan fingerprint density at radius 3 is 2.62 bits per heavy atom. The molecule has 1 aliphatic rings. The summed E-state index contributed by atoms with van der Waals surface area (Å²) in [7, 11) is 0. The molecule has 174 valence electrons. The third-order valence-electron chi connectivity index (χ3n) is 5.96. The number of rotatable bonds is 7. The van der Waals surface area contributed by atoms with Gasteiger partial charge < -0.3 is 14.5 Å². The smallest absolute Gasteiger partial charge is 0.293 e. The van der Waals surface area contributed by atoms with E-state index in [1.54, 1.807) is 24.3 Å². The van der Waals surface area contributed by atoms with E-state index in [9.17, 15) is 9.59 Å². The molecule has 0 spiro atoms. The summed E-state index contributed by atoms with van der Waals surface area (Å²) in [5.74, 6) is 0.945. The molecule has 1 fully saturated rings. The van der Waals surface area contributed by atoms with Gasteiger partial charge in [-0.3, -0.25) is 14.9 Å². The molecule has 0 bridgehead atoms. The highest BCUT2D eigenvalue weighted by Gasteiger charge is 2.16. The third kappa shape index (κ3) is 5.28. The maximum Gasteiger partial charge on any atom is 0.293 e. The van der Waals surface area contributed by atoms with Crippen LogP contribution in [0.4, 0.5) is 10.8 Å². The molecule has 2 N–H and O–H groups in total. The van der Waals surface area contributed by atoms with E-state index >= 15 is 0 Å². The molecule has 34 heavy (non-hydrogen) atoms. The zero-order valence-corrected chi connectivity index (χ0v) is 19.4. The number of carbonyl (C=O) groups is 2. The molecular formula is C26H25N3O4S. The molecule has 0 unspecified atom stereocenters. The van der Waals surface area contributed by atoms with Crippen molar-refractivity contribution in [2.75, 3.05) is 17.2 Å². The number of hydrogen-bond acceptors (Lipinski definition) is 6. The Morgan fingerprint density at radius 1 is 1.03 bits per heavy atom. The number of hydrogen-bond donors (Lipinski definition) is 2. The predicted molar refractivity (Wildman–Crippen MR) is 133 cm³/mol. The fourth-order valence-electron chi connectivity index (χ4n) is 4.24. The Balaban J connectivity index is 1.15. The van der Waals surface area contributed by atoms with E-state index < -0.39 is 0 Å². The number of ether oxygens (including phenoxy) is 1. The summed E-state index contributed by atoms with van der Waals surface area (Å²) in [6.07, 6.45) is 7.90. The second kappa shape index (κ2) is 10.1. The molecule has 2 heterocycles. The van der Waals surface area contributed by atoms with Crippen LogP contribution in [0.25, 0.3) is 10.2 Å². The lowest BCUT2D eigenvalue weighted by molar-refractivity contribution is -0.118. The number of aromatic nitrogens is 1. The molecule has 1 aliphatic carbocycles. The van der Waals surface area contributed by atoms with Crippen molar-refractivity contribution < 1.29 is 18.7 Å². The van der Waals surface area contributed by atoms with Crippen molar-refractivity contribution in [3.8, 4) is 5.75 Å². The van der Waals surface area contributed by atoms with Gasteiger partial charge in [-0.1, -0.05) is 42.7 Å². The highest BCUT2D eigenvalue weighted by molar-refractivity contribution is 7.22. The second-order valence-electron chi connectivity index (χ2n) is 8.37. The van der Waals surface area contributed by atoms with E-state index in [1.165, 1.54) is 55.3 Å². The van der Waals surface area contributed by atoms with Crippen LogP contribution in [-0.4, -0.2) is 23.4 Å². The first-order valence-electron chi connectivity index (χ1n) is 11.4. The normalized spacial score (nSPS) is 14.1. The van der Waals surface area contributed by atoms with E-state index in [4.69, 9.17) is 9.15 Å². The topological polar surface area (TPSA) is 93.5 Å². The number of nitrogens with zero attached hydrogens (tertiary/aromatic N) is 1. The maximum absolute atomic E-state index is 12.4. The average molecular weight is 476 g/mol. The summed E-state index contributed by atoms with van der Waals surface area (Å²) >= 11 is 1.32. The summed E-state index contributed by atoms with van der Waals surface area (Å²) in [5, 5.41) is 6.04. The molecule has 2 aromatic heterocycles. The highest BCUT2D eigenvalue weighted by Crippen LogP contribution is 2.33. The fourth-order valence-corrected chi connectivity index (χ4v) is 5.14. The standard InChI is InChI=1S/C26H25N3O4S/c30-24(16-33-20-11-8-18(9-12-20)17-5-2-1-3-6-17)27-19-10-13-21-23(15-19)34-26(28-21)29-25(31)22-7-4-14-32-22/h4,7-15,17H,1-3,5-6,16H2,(H,27,30)(H,28,29,31). The maximum atomic E-state index is 12.4. The van der Waals surface area contributed by atoms with Crippen LogP contribution in [0, 0.1) is 0 Å². The Morgan fingerprint density at radius 2 is 1.85 bits per heavy atom. The van der Waals surface area contributed by atoms with Gasteiger partial charge in [-0.05, 0) is 66.8 Å². The largest absolute Gasteiger partial charge is 0.484 e. The van der Waals surface area contributed by atoms with Gasteiger partial charge in [-0.15, -0.1) is 0 Å². The first-order valence-corrected chi connectivity index (χ1v) is 12.2. The summed E-state index contributed by atoms with van der Waals surface area (Å²) < 4.78 is 11.6. The van der Waals surface area contributed by atoms with Gasteiger partial charge in [0.15, 0.2) is 17.5 Å². The predicted octanol–water partition coefficient (Wildman–Crippen LogP) is 6.21. The second-order valence-corrected chi connectivity index (χ2v) is 9.40. The van der Waals surface area contributed by atoms with Crippen molar-refractivity contribution in [3.05, 3.63) is 72.2 Å². The van der Waals surface area contributed by atoms with Crippen molar-refractivity contribution in [1.29, 1.82) is 0 Å². The van der Waals surface area contributed by atoms with Crippen LogP contribution in [0.3, 0.4) is 0 Å². The monoisotopic (exact) mass is 475 g/mol. The molecule has 0 saturated heterocycles. The molecule has 2 amide bonds. The van der Waals surface area contributed by atoms with Gasteiger partial charge in [0.2, 0.25) is 0 Å². The van der Waals surface area contributed by atoms with Gasteiger partial charge in [-0.2, -0.15) is 0 Å². The third-order valence-corrected chi connectivity index (χ3v) is 6.90. The molecule has 0 aliphatic heterocycles. The lowest BCUT2D eigenvalue weighted by atomic mass is 9.84. The summed E-state index contributed by atoms with van der Waals surface area (Å²) in [5.41, 5.74) is 2.72. The Bertz CT molecular complexity index is 1280. The van der Waals surface area contributed by atoms with E-state index in [2.05, 4.69) is 27.8 Å². The molecule has 4 aromatic rings. The number of nitrogens with one attached hydrogen (secondary N) is 2. The van der Waals surface area contributed by atoms with E-state index in [0.29, 0.717) is 22.5 Å². The number of fused-ring (bicyclic) bond motifs is 1. The van der Waals surface area contributed by atoms with Crippen LogP contribution in [-0.2, 0) is 4.79 Å². The fraction of sp³-hybridized carbons (Fsp3) is 0.269. The quantitative estimate of drug-likeness (QED) is 0.332. The van der Waals surface area contributed by atoms with Crippen LogP contribution in [0.5, 0.6) is 5.75 Å². The van der Waals surface area contributed by atoms with Crippen molar-refractivity contribution in [2.24, 2.45) is 0 Å². The van der Waals surface area contributed by atoms with Gasteiger partial charge in [0, 0.05) is 5.69 Å². The lowest BCUT2D eigenvalue weighted by Gasteiger charge is -2.22. The van der Waals surface area contributed by atoms with Gasteiger partial charge >= 0.3 is 0 Å². The Kier molecular flexibility index (Phi) is 6.58. The highest BCUT2D eigenvalue weighted by atomic mass is 32.1. The van der Waals surface area contributed by atoms with Crippen molar-refractivity contribution in [3.63, 3.8) is 0 Å².